The molecule has 0 saturated carbocycles. The highest BCUT2D eigenvalue weighted by Crippen LogP contribution is 2.28. The van der Waals surface area contributed by atoms with E-state index in [1.807, 2.05) is 13.1 Å². The lowest BCUT2D eigenvalue weighted by Crippen LogP contribution is -1.98. The van der Waals surface area contributed by atoms with Crippen molar-refractivity contribution in [3.63, 3.8) is 0 Å². The van der Waals surface area contributed by atoms with Gasteiger partial charge in [0.15, 0.2) is 5.82 Å². The van der Waals surface area contributed by atoms with Gasteiger partial charge in [0.2, 0.25) is 0 Å². The van der Waals surface area contributed by atoms with Gasteiger partial charge in [-0.1, -0.05) is 0 Å². The van der Waals surface area contributed by atoms with E-state index in [2.05, 4.69) is 10.1 Å². The van der Waals surface area contributed by atoms with Gasteiger partial charge in [0.05, 0.1) is 18.8 Å². The number of aromatic hydroxyl groups is 1. The van der Waals surface area contributed by atoms with E-state index in [1.165, 1.54) is 0 Å². The van der Waals surface area contributed by atoms with Crippen LogP contribution in [0.1, 0.15) is 5.56 Å². The normalized spacial score (nSPS) is 10.8. The smallest absolute Gasteiger partial charge is 0.157 e. The lowest BCUT2D eigenvalue weighted by Gasteiger charge is -2.07. The summed E-state index contributed by atoms with van der Waals surface area (Å²) in [4.78, 5) is 4.49. The van der Waals surface area contributed by atoms with Crippen LogP contribution in [0.4, 0.5) is 0 Å². The number of hydrogen-bond donors (Lipinski definition) is 1. The van der Waals surface area contributed by atoms with Gasteiger partial charge in [-0.05, 0) is 24.6 Å². The average molecular weight is 255 g/mol. The number of methoxy groups -OCH3 is 1. The minimum Gasteiger partial charge on any atom is -0.507 e. The summed E-state index contributed by atoms with van der Waals surface area (Å²) in [5, 5.41) is 14.9. The number of pyridine rings is 1. The third kappa shape index (κ3) is 1.99. The summed E-state index contributed by atoms with van der Waals surface area (Å²) < 4.78 is 6.80. The molecule has 0 unspecified atom stereocenters. The quantitative estimate of drug-likeness (QED) is 0.764. The molecule has 0 bridgehead atoms. The van der Waals surface area contributed by atoms with E-state index in [0.717, 1.165) is 5.56 Å². The Morgan fingerprint density at radius 3 is 2.79 bits per heavy atom. The summed E-state index contributed by atoms with van der Waals surface area (Å²) in [6, 6.07) is 6.96. The van der Waals surface area contributed by atoms with E-state index in [9.17, 15) is 5.11 Å². The molecule has 3 rings (SSSR count). The maximum absolute atomic E-state index is 10.1. The third-order valence-electron chi connectivity index (χ3n) is 2.93. The van der Waals surface area contributed by atoms with Crippen LogP contribution >= 0.6 is 0 Å². The maximum Gasteiger partial charge on any atom is 0.157 e. The molecule has 3 aromatic rings. The van der Waals surface area contributed by atoms with Crippen LogP contribution in [0.3, 0.4) is 0 Å². The molecule has 1 N–H and O–H groups in total. The summed E-state index contributed by atoms with van der Waals surface area (Å²) >= 11 is 0. The summed E-state index contributed by atoms with van der Waals surface area (Å²) in [6.45, 7) is 1.95. The molecular weight excluding hydrogens is 242 g/mol. The molecule has 5 heteroatoms. The SMILES string of the molecule is COc1ccc2c(O)cc(-n3cc(C)cn3)nc2c1. The van der Waals surface area contributed by atoms with Crippen molar-refractivity contribution in [1.82, 2.24) is 14.8 Å². The van der Waals surface area contributed by atoms with Gasteiger partial charge in [-0.2, -0.15) is 5.10 Å². The Morgan fingerprint density at radius 1 is 1.26 bits per heavy atom. The van der Waals surface area contributed by atoms with Crippen LogP contribution < -0.4 is 4.74 Å². The molecule has 2 heterocycles. The topological polar surface area (TPSA) is 60.2 Å². The van der Waals surface area contributed by atoms with Crippen molar-refractivity contribution >= 4 is 10.9 Å². The number of hydrogen-bond acceptors (Lipinski definition) is 4. The van der Waals surface area contributed by atoms with Crippen molar-refractivity contribution in [2.24, 2.45) is 0 Å². The monoisotopic (exact) mass is 255 g/mol. The predicted octanol–water partition coefficient (Wildman–Crippen LogP) is 2.44. The highest BCUT2D eigenvalue weighted by atomic mass is 16.5. The average Bonchev–Trinajstić information content (AvgIpc) is 2.84. The van der Waals surface area contributed by atoms with Gasteiger partial charge in [0.25, 0.3) is 0 Å². The maximum atomic E-state index is 10.1. The molecule has 0 fully saturated rings. The van der Waals surface area contributed by atoms with Gasteiger partial charge in [-0.25, -0.2) is 9.67 Å². The van der Waals surface area contributed by atoms with E-state index in [1.54, 1.807) is 42.3 Å². The van der Waals surface area contributed by atoms with Crippen LogP contribution in [0.25, 0.3) is 16.7 Å². The zero-order valence-electron chi connectivity index (χ0n) is 10.7. The molecule has 0 radical (unpaired) electrons. The molecule has 0 atom stereocenters. The Bertz CT molecular complexity index is 750. The van der Waals surface area contributed by atoms with Crippen molar-refractivity contribution in [2.45, 2.75) is 6.92 Å². The number of aryl methyl sites for hydroxylation is 1. The lowest BCUT2D eigenvalue weighted by molar-refractivity contribution is 0.415. The molecule has 1 aromatic carbocycles. The fourth-order valence-electron chi connectivity index (χ4n) is 1.96. The zero-order chi connectivity index (χ0) is 13.4. The van der Waals surface area contributed by atoms with E-state index in [0.29, 0.717) is 22.5 Å². The number of fused-ring (bicyclic) bond motifs is 1. The Kier molecular flexibility index (Phi) is 2.59. The summed E-state index contributed by atoms with van der Waals surface area (Å²) in [5.74, 6) is 1.45. The van der Waals surface area contributed by atoms with Crippen molar-refractivity contribution in [3.8, 4) is 17.3 Å². The van der Waals surface area contributed by atoms with E-state index < -0.39 is 0 Å². The molecule has 2 aromatic heterocycles. The van der Waals surface area contributed by atoms with Crippen molar-refractivity contribution in [3.05, 3.63) is 42.2 Å². The highest BCUT2D eigenvalue weighted by molar-refractivity contribution is 5.86. The summed E-state index contributed by atoms with van der Waals surface area (Å²) in [6.07, 6.45) is 3.60. The van der Waals surface area contributed by atoms with Gasteiger partial charge in [0, 0.05) is 23.7 Å². The van der Waals surface area contributed by atoms with Gasteiger partial charge in [0.1, 0.15) is 11.5 Å². The summed E-state index contributed by atoms with van der Waals surface area (Å²) in [7, 11) is 1.60. The van der Waals surface area contributed by atoms with Crippen LogP contribution in [0.5, 0.6) is 11.5 Å². The molecule has 19 heavy (non-hydrogen) atoms. The second kappa shape index (κ2) is 4.28. The molecular formula is C14H13N3O2. The Balaban J connectivity index is 2.22. The molecule has 0 aliphatic heterocycles. The van der Waals surface area contributed by atoms with Crippen molar-refractivity contribution in [1.29, 1.82) is 0 Å². The van der Waals surface area contributed by atoms with Crippen LogP contribution in [-0.4, -0.2) is 27.0 Å². The number of nitrogens with zero attached hydrogens (tertiary/aromatic N) is 3. The minimum atomic E-state index is 0.177. The first-order chi connectivity index (χ1) is 9.17. The van der Waals surface area contributed by atoms with Crippen LogP contribution in [0.15, 0.2) is 36.7 Å². The molecule has 0 aliphatic rings. The van der Waals surface area contributed by atoms with Crippen LogP contribution in [0, 0.1) is 6.92 Å². The van der Waals surface area contributed by atoms with Gasteiger partial charge in [-0.15, -0.1) is 0 Å². The van der Waals surface area contributed by atoms with Gasteiger partial charge in [-0.3, -0.25) is 0 Å². The molecule has 0 spiro atoms. The Labute approximate surface area is 110 Å². The summed E-state index contributed by atoms with van der Waals surface area (Å²) in [5.41, 5.74) is 1.70. The van der Waals surface area contributed by atoms with Crippen molar-refractivity contribution in [2.75, 3.05) is 7.11 Å². The van der Waals surface area contributed by atoms with Gasteiger partial charge < -0.3 is 9.84 Å². The van der Waals surface area contributed by atoms with Crippen LogP contribution in [0.2, 0.25) is 0 Å². The second-order valence-electron chi connectivity index (χ2n) is 4.34. The molecule has 0 amide bonds. The van der Waals surface area contributed by atoms with Gasteiger partial charge >= 0.3 is 0 Å². The van der Waals surface area contributed by atoms with E-state index in [4.69, 9.17) is 4.74 Å². The fourth-order valence-corrected chi connectivity index (χ4v) is 1.96. The number of aromatic nitrogens is 3. The second-order valence-corrected chi connectivity index (χ2v) is 4.34. The van der Waals surface area contributed by atoms with Crippen molar-refractivity contribution < 1.29 is 9.84 Å². The first kappa shape index (κ1) is 11.5. The molecule has 5 nitrogen and oxygen atoms in total. The Hall–Kier alpha value is -2.56. The Morgan fingerprint density at radius 2 is 2.11 bits per heavy atom. The number of benzene rings is 1. The first-order valence-electron chi connectivity index (χ1n) is 5.87. The standard InChI is InChI=1S/C14H13N3O2/c1-9-7-15-17(8-9)14-6-13(18)11-4-3-10(19-2)5-12(11)16-14/h3-8H,1-2H3,(H,16,18). The highest BCUT2D eigenvalue weighted by Gasteiger charge is 2.08. The largest absolute Gasteiger partial charge is 0.507 e. The first-order valence-corrected chi connectivity index (χ1v) is 5.87. The number of rotatable bonds is 2. The predicted molar refractivity (Wildman–Crippen MR) is 71.8 cm³/mol. The molecule has 0 saturated heterocycles. The number of ether oxygens (including phenoxy) is 1. The minimum absolute atomic E-state index is 0.177. The molecule has 96 valence electrons. The van der Waals surface area contributed by atoms with E-state index in [-0.39, 0.29) is 5.75 Å². The van der Waals surface area contributed by atoms with Crippen LogP contribution in [-0.2, 0) is 0 Å². The van der Waals surface area contributed by atoms with E-state index >= 15 is 0 Å². The fraction of sp³-hybridized carbons (Fsp3) is 0.143. The third-order valence-corrected chi connectivity index (χ3v) is 2.93. The molecule has 0 aliphatic carbocycles. The zero-order valence-corrected chi connectivity index (χ0v) is 10.7. The lowest BCUT2D eigenvalue weighted by atomic mass is 10.2.